The van der Waals surface area contributed by atoms with Crippen LogP contribution in [0.1, 0.15) is 16.1 Å². The number of rotatable bonds is 3. The second kappa shape index (κ2) is 6.19. The molecular formula is C17H14F2N4O. The Bertz CT molecular complexity index is 921. The standard InChI is InChI=1S/C17H14F2N4O/c1-10-4-3-5-15(21-10)22-17(24)11-8-12(16(19)13(18)9-11)14-6-7-20-23(14)2/h3-9H,1-2H3,(H,21,22,24). The number of nitrogens with zero attached hydrogens (tertiary/aromatic N) is 3. The molecule has 0 radical (unpaired) electrons. The zero-order valence-corrected chi connectivity index (χ0v) is 13.0. The number of benzene rings is 1. The average molecular weight is 328 g/mol. The van der Waals surface area contributed by atoms with Crippen LogP contribution in [-0.2, 0) is 7.05 Å². The molecule has 122 valence electrons. The molecule has 5 nitrogen and oxygen atoms in total. The Morgan fingerprint density at radius 1 is 1.21 bits per heavy atom. The summed E-state index contributed by atoms with van der Waals surface area (Å²) in [5.74, 6) is -2.36. The summed E-state index contributed by atoms with van der Waals surface area (Å²) in [6.07, 6.45) is 1.47. The summed E-state index contributed by atoms with van der Waals surface area (Å²) >= 11 is 0. The second-order valence-corrected chi connectivity index (χ2v) is 5.28. The van der Waals surface area contributed by atoms with Crippen molar-refractivity contribution in [2.45, 2.75) is 6.92 Å². The van der Waals surface area contributed by atoms with Crippen LogP contribution >= 0.6 is 0 Å². The minimum absolute atomic E-state index is 0.00611. The monoisotopic (exact) mass is 328 g/mol. The zero-order chi connectivity index (χ0) is 17.3. The Morgan fingerprint density at radius 2 is 2.00 bits per heavy atom. The van der Waals surface area contributed by atoms with Crippen molar-refractivity contribution in [3.8, 4) is 11.3 Å². The van der Waals surface area contributed by atoms with Crippen molar-refractivity contribution in [1.82, 2.24) is 14.8 Å². The topological polar surface area (TPSA) is 59.8 Å². The third-order valence-electron chi connectivity index (χ3n) is 3.52. The van der Waals surface area contributed by atoms with Crippen LogP contribution in [0.25, 0.3) is 11.3 Å². The maximum atomic E-state index is 14.1. The van der Waals surface area contributed by atoms with Gasteiger partial charge in [0, 0.05) is 30.1 Å². The maximum Gasteiger partial charge on any atom is 0.256 e. The van der Waals surface area contributed by atoms with Crippen LogP contribution in [0, 0.1) is 18.6 Å². The minimum Gasteiger partial charge on any atom is -0.307 e. The van der Waals surface area contributed by atoms with E-state index in [0.717, 1.165) is 11.8 Å². The van der Waals surface area contributed by atoms with E-state index >= 15 is 0 Å². The first-order valence-electron chi connectivity index (χ1n) is 7.18. The van der Waals surface area contributed by atoms with E-state index in [2.05, 4.69) is 15.4 Å². The number of aryl methyl sites for hydroxylation is 2. The van der Waals surface area contributed by atoms with Crippen LogP contribution in [0.4, 0.5) is 14.6 Å². The van der Waals surface area contributed by atoms with Gasteiger partial charge in [-0.2, -0.15) is 5.10 Å². The predicted octanol–water partition coefficient (Wildman–Crippen LogP) is 3.32. The lowest BCUT2D eigenvalue weighted by Gasteiger charge is -2.09. The van der Waals surface area contributed by atoms with E-state index < -0.39 is 17.5 Å². The lowest BCUT2D eigenvalue weighted by molar-refractivity contribution is 0.102. The number of aromatic nitrogens is 3. The molecule has 0 aliphatic rings. The van der Waals surface area contributed by atoms with Crippen LogP contribution < -0.4 is 5.32 Å². The van der Waals surface area contributed by atoms with Gasteiger partial charge in [0.05, 0.1) is 5.69 Å². The summed E-state index contributed by atoms with van der Waals surface area (Å²) in [6.45, 7) is 1.79. The number of nitrogens with one attached hydrogen (secondary N) is 1. The van der Waals surface area contributed by atoms with Gasteiger partial charge in [0.1, 0.15) is 5.82 Å². The molecule has 0 fully saturated rings. The van der Waals surface area contributed by atoms with Crippen LogP contribution in [0.3, 0.4) is 0 Å². The quantitative estimate of drug-likeness (QED) is 0.802. The molecule has 0 saturated heterocycles. The summed E-state index contributed by atoms with van der Waals surface area (Å²) in [6, 6.07) is 8.84. The van der Waals surface area contributed by atoms with Gasteiger partial charge < -0.3 is 5.32 Å². The molecule has 7 heteroatoms. The van der Waals surface area contributed by atoms with E-state index in [1.54, 1.807) is 38.2 Å². The van der Waals surface area contributed by atoms with E-state index in [1.165, 1.54) is 16.9 Å². The highest BCUT2D eigenvalue weighted by Gasteiger charge is 2.18. The number of carbonyl (C=O) groups excluding carboxylic acids is 1. The van der Waals surface area contributed by atoms with Gasteiger partial charge in [0.15, 0.2) is 11.6 Å². The summed E-state index contributed by atoms with van der Waals surface area (Å²) in [5, 5.41) is 6.50. The Hall–Kier alpha value is -3.09. The van der Waals surface area contributed by atoms with E-state index in [0.29, 0.717) is 11.5 Å². The molecule has 1 amide bonds. The zero-order valence-electron chi connectivity index (χ0n) is 13.0. The normalized spacial score (nSPS) is 10.7. The van der Waals surface area contributed by atoms with Crippen molar-refractivity contribution in [3.63, 3.8) is 0 Å². The van der Waals surface area contributed by atoms with E-state index in [1.807, 2.05) is 0 Å². The Kier molecular flexibility index (Phi) is 4.07. The average Bonchev–Trinajstić information content (AvgIpc) is 2.96. The molecule has 0 bridgehead atoms. The fourth-order valence-electron chi connectivity index (χ4n) is 2.35. The van der Waals surface area contributed by atoms with Gasteiger partial charge in [0.2, 0.25) is 0 Å². The highest BCUT2D eigenvalue weighted by atomic mass is 19.2. The van der Waals surface area contributed by atoms with Gasteiger partial charge in [0.25, 0.3) is 5.91 Å². The van der Waals surface area contributed by atoms with E-state index in [4.69, 9.17) is 0 Å². The van der Waals surface area contributed by atoms with Crippen LogP contribution in [0.5, 0.6) is 0 Å². The Morgan fingerprint density at radius 3 is 2.67 bits per heavy atom. The first-order valence-corrected chi connectivity index (χ1v) is 7.18. The molecule has 3 rings (SSSR count). The maximum absolute atomic E-state index is 14.1. The van der Waals surface area contributed by atoms with Gasteiger partial charge in [-0.05, 0) is 37.3 Å². The predicted molar refractivity (Wildman–Crippen MR) is 85.5 cm³/mol. The first kappa shape index (κ1) is 15.8. The van der Waals surface area contributed by atoms with E-state index in [-0.39, 0.29) is 11.1 Å². The Labute approximate surface area is 137 Å². The molecule has 0 saturated carbocycles. The van der Waals surface area contributed by atoms with Gasteiger partial charge in [-0.25, -0.2) is 13.8 Å². The summed E-state index contributed by atoms with van der Waals surface area (Å²) in [7, 11) is 1.61. The van der Waals surface area contributed by atoms with Crippen molar-refractivity contribution in [2.75, 3.05) is 5.32 Å². The molecule has 0 aliphatic carbocycles. The van der Waals surface area contributed by atoms with Crippen LogP contribution in [0.15, 0.2) is 42.6 Å². The molecule has 3 aromatic rings. The van der Waals surface area contributed by atoms with Crippen molar-refractivity contribution >= 4 is 11.7 Å². The fraction of sp³-hybridized carbons (Fsp3) is 0.118. The number of anilines is 1. The summed E-state index contributed by atoms with van der Waals surface area (Å²) in [5.41, 5.74) is 1.06. The molecule has 0 spiro atoms. The molecule has 0 aliphatic heterocycles. The lowest BCUT2D eigenvalue weighted by atomic mass is 10.1. The molecule has 2 heterocycles. The van der Waals surface area contributed by atoms with Gasteiger partial charge in [-0.1, -0.05) is 6.07 Å². The number of hydrogen-bond acceptors (Lipinski definition) is 3. The molecule has 2 aromatic heterocycles. The first-order chi connectivity index (χ1) is 11.5. The van der Waals surface area contributed by atoms with Crippen molar-refractivity contribution < 1.29 is 13.6 Å². The number of hydrogen-bond donors (Lipinski definition) is 1. The molecule has 0 atom stereocenters. The van der Waals surface area contributed by atoms with Crippen molar-refractivity contribution in [2.24, 2.45) is 7.05 Å². The van der Waals surface area contributed by atoms with Gasteiger partial charge in [-0.3, -0.25) is 9.48 Å². The van der Waals surface area contributed by atoms with Crippen LogP contribution in [0.2, 0.25) is 0 Å². The third-order valence-corrected chi connectivity index (χ3v) is 3.52. The van der Waals surface area contributed by atoms with Gasteiger partial charge >= 0.3 is 0 Å². The molecule has 1 N–H and O–H groups in total. The summed E-state index contributed by atoms with van der Waals surface area (Å²) < 4.78 is 29.4. The highest BCUT2D eigenvalue weighted by molar-refractivity contribution is 6.04. The SMILES string of the molecule is Cc1cccc(NC(=O)c2cc(F)c(F)c(-c3ccnn3C)c2)n1. The molecule has 1 aromatic carbocycles. The number of halogens is 2. The molecular weight excluding hydrogens is 314 g/mol. The summed E-state index contributed by atoms with van der Waals surface area (Å²) in [4.78, 5) is 16.5. The van der Waals surface area contributed by atoms with E-state index in [9.17, 15) is 13.6 Å². The third kappa shape index (κ3) is 3.01. The minimum atomic E-state index is -1.10. The lowest BCUT2D eigenvalue weighted by Crippen LogP contribution is -2.14. The fourth-order valence-corrected chi connectivity index (χ4v) is 2.35. The van der Waals surface area contributed by atoms with Gasteiger partial charge in [-0.15, -0.1) is 0 Å². The number of pyridine rings is 1. The van der Waals surface area contributed by atoms with Crippen molar-refractivity contribution in [1.29, 1.82) is 0 Å². The second-order valence-electron chi connectivity index (χ2n) is 5.28. The van der Waals surface area contributed by atoms with Crippen LogP contribution in [-0.4, -0.2) is 20.7 Å². The molecule has 0 unspecified atom stereocenters. The molecule has 24 heavy (non-hydrogen) atoms. The smallest absolute Gasteiger partial charge is 0.256 e. The Balaban J connectivity index is 1.98. The highest BCUT2D eigenvalue weighted by Crippen LogP contribution is 2.26. The number of amides is 1. The van der Waals surface area contributed by atoms with Crippen molar-refractivity contribution in [3.05, 3.63) is 65.5 Å². The largest absolute Gasteiger partial charge is 0.307 e. The number of carbonyl (C=O) groups is 1.